The molecule has 1 heterocycles. The van der Waals surface area contributed by atoms with Gasteiger partial charge in [-0.05, 0) is 38.7 Å². The van der Waals surface area contributed by atoms with Gasteiger partial charge >= 0.3 is 0 Å². The van der Waals surface area contributed by atoms with Crippen LogP contribution in [0.1, 0.15) is 18.5 Å². The standard InChI is InChI=1S/C20H35N5O2/c1-5-21-20(22-9-10-25-11-13-27-14-12-25)23-16-19(24(2)3)17-7-6-8-18(15-17)26-4/h6-8,15,19H,5,9-14,16H2,1-4H3,(H2,21,22,23). The minimum Gasteiger partial charge on any atom is -0.497 e. The minimum atomic E-state index is 0.190. The van der Waals surface area contributed by atoms with Gasteiger partial charge < -0.3 is 25.0 Å². The topological polar surface area (TPSA) is 61.4 Å². The molecule has 2 N–H and O–H groups in total. The van der Waals surface area contributed by atoms with Gasteiger partial charge in [0.05, 0.1) is 32.9 Å². The fourth-order valence-electron chi connectivity index (χ4n) is 3.09. The molecular weight excluding hydrogens is 342 g/mol. The first-order chi connectivity index (χ1) is 13.1. The largest absolute Gasteiger partial charge is 0.497 e. The Labute approximate surface area is 163 Å². The van der Waals surface area contributed by atoms with Gasteiger partial charge in [-0.2, -0.15) is 0 Å². The molecule has 0 spiro atoms. The third kappa shape index (κ3) is 7.36. The molecule has 27 heavy (non-hydrogen) atoms. The van der Waals surface area contributed by atoms with Crippen molar-refractivity contribution >= 4 is 5.96 Å². The molecule has 1 atom stereocenters. The fraction of sp³-hybridized carbons (Fsp3) is 0.650. The molecule has 152 valence electrons. The van der Waals surface area contributed by atoms with Crippen LogP contribution in [-0.2, 0) is 4.74 Å². The predicted molar refractivity (Wildman–Crippen MR) is 111 cm³/mol. The van der Waals surface area contributed by atoms with E-state index in [1.807, 2.05) is 12.1 Å². The number of benzene rings is 1. The number of aliphatic imine (C=N–C) groups is 1. The van der Waals surface area contributed by atoms with Crippen LogP contribution in [0.3, 0.4) is 0 Å². The van der Waals surface area contributed by atoms with Gasteiger partial charge in [0.2, 0.25) is 0 Å². The summed E-state index contributed by atoms with van der Waals surface area (Å²) in [6.07, 6.45) is 0. The number of methoxy groups -OCH3 is 1. The van der Waals surface area contributed by atoms with E-state index in [2.05, 4.69) is 53.6 Å². The average molecular weight is 378 g/mol. The summed E-state index contributed by atoms with van der Waals surface area (Å²) in [4.78, 5) is 9.42. The average Bonchev–Trinajstić information content (AvgIpc) is 2.69. The van der Waals surface area contributed by atoms with Gasteiger partial charge in [-0.25, -0.2) is 0 Å². The molecule has 1 aromatic rings. The first-order valence-electron chi connectivity index (χ1n) is 9.76. The molecule has 0 aliphatic carbocycles. The summed E-state index contributed by atoms with van der Waals surface area (Å²) in [7, 11) is 5.86. The van der Waals surface area contributed by atoms with E-state index in [9.17, 15) is 0 Å². The highest BCUT2D eigenvalue weighted by Gasteiger charge is 2.15. The van der Waals surface area contributed by atoms with Crippen LogP contribution < -0.4 is 15.4 Å². The second-order valence-corrected chi connectivity index (χ2v) is 6.86. The van der Waals surface area contributed by atoms with Crippen molar-refractivity contribution in [3.63, 3.8) is 0 Å². The number of rotatable bonds is 9. The summed E-state index contributed by atoms with van der Waals surface area (Å²) in [6, 6.07) is 8.40. The van der Waals surface area contributed by atoms with Crippen LogP contribution in [0.25, 0.3) is 0 Å². The minimum absolute atomic E-state index is 0.190. The highest BCUT2D eigenvalue weighted by Crippen LogP contribution is 2.22. The van der Waals surface area contributed by atoms with E-state index in [1.54, 1.807) is 7.11 Å². The summed E-state index contributed by atoms with van der Waals surface area (Å²) < 4.78 is 10.8. The number of hydrogen-bond donors (Lipinski definition) is 2. The molecule has 1 fully saturated rings. The highest BCUT2D eigenvalue weighted by atomic mass is 16.5. The molecule has 0 amide bonds. The smallest absolute Gasteiger partial charge is 0.191 e. The molecule has 2 rings (SSSR count). The molecule has 0 bridgehead atoms. The summed E-state index contributed by atoms with van der Waals surface area (Å²) in [6.45, 7) is 9.16. The van der Waals surface area contributed by atoms with Gasteiger partial charge in [0.1, 0.15) is 5.75 Å². The van der Waals surface area contributed by atoms with Gasteiger partial charge in [-0.15, -0.1) is 0 Å². The Morgan fingerprint density at radius 2 is 2.07 bits per heavy atom. The Kier molecular flexibility index (Phi) is 9.38. The first-order valence-corrected chi connectivity index (χ1v) is 9.76. The van der Waals surface area contributed by atoms with Crippen molar-refractivity contribution in [3.05, 3.63) is 29.8 Å². The highest BCUT2D eigenvalue weighted by molar-refractivity contribution is 5.79. The lowest BCUT2D eigenvalue weighted by atomic mass is 10.1. The summed E-state index contributed by atoms with van der Waals surface area (Å²) in [5, 5.41) is 6.79. The van der Waals surface area contributed by atoms with Crippen LogP contribution >= 0.6 is 0 Å². The molecule has 1 aliphatic rings. The molecule has 1 aromatic carbocycles. The monoisotopic (exact) mass is 377 g/mol. The second-order valence-electron chi connectivity index (χ2n) is 6.86. The normalized spacial score (nSPS) is 17.0. The summed E-state index contributed by atoms with van der Waals surface area (Å²) in [5.41, 5.74) is 1.20. The zero-order chi connectivity index (χ0) is 19.5. The van der Waals surface area contributed by atoms with Crippen molar-refractivity contribution in [3.8, 4) is 5.75 Å². The quantitative estimate of drug-likeness (QED) is 0.498. The van der Waals surface area contributed by atoms with Crippen LogP contribution in [0.5, 0.6) is 5.75 Å². The third-order valence-corrected chi connectivity index (χ3v) is 4.69. The number of ether oxygens (including phenoxy) is 2. The maximum Gasteiger partial charge on any atom is 0.191 e. The summed E-state index contributed by atoms with van der Waals surface area (Å²) in [5.74, 6) is 1.74. The Morgan fingerprint density at radius 3 is 2.74 bits per heavy atom. The maximum atomic E-state index is 5.40. The van der Waals surface area contributed by atoms with E-state index >= 15 is 0 Å². The molecule has 1 aliphatic heterocycles. The Bertz CT molecular complexity index is 573. The first kappa shape index (κ1) is 21.5. The summed E-state index contributed by atoms with van der Waals surface area (Å²) >= 11 is 0. The van der Waals surface area contributed by atoms with Gasteiger partial charge in [-0.1, -0.05) is 12.1 Å². The maximum absolute atomic E-state index is 5.40. The van der Waals surface area contributed by atoms with E-state index in [0.717, 1.165) is 57.6 Å². The zero-order valence-corrected chi connectivity index (χ0v) is 17.2. The number of nitrogens with one attached hydrogen (secondary N) is 2. The van der Waals surface area contributed by atoms with Gasteiger partial charge in [0.25, 0.3) is 0 Å². The Balaban J connectivity index is 1.94. The lowest BCUT2D eigenvalue weighted by Crippen LogP contribution is -2.44. The zero-order valence-electron chi connectivity index (χ0n) is 17.2. The third-order valence-electron chi connectivity index (χ3n) is 4.69. The SMILES string of the molecule is CCNC(=NCC(c1cccc(OC)c1)N(C)C)NCCN1CCOCC1. The lowest BCUT2D eigenvalue weighted by Gasteiger charge is -2.27. The van der Waals surface area contributed by atoms with Crippen LogP contribution in [0.4, 0.5) is 0 Å². The van der Waals surface area contributed by atoms with Gasteiger partial charge in [-0.3, -0.25) is 9.89 Å². The van der Waals surface area contributed by atoms with E-state index in [4.69, 9.17) is 14.5 Å². The number of guanidine groups is 1. The molecule has 7 heteroatoms. The van der Waals surface area contributed by atoms with Crippen molar-refractivity contribution in [1.29, 1.82) is 0 Å². The molecule has 1 saturated heterocycles. The molecule has 0 aromatic heterocycles. The van der Waals surface area contributed by atoms with Gasteiger partial charge in [0.15, 0.2) is 5.96 Å². The van der Waals surface area contributed by atoms with E-state index in [0.29, 0.717) is 6.54 Å². The van der Waals surface area contributed by atoms with Crippen molar-refractivity contribution < 1.29 is 9.47 Å². The van der Waals surface area contributed by atoms with Crippen molar-refractivity contribution in [2.45, 2.75) is 13.0 Å². The van der Waals surface area contributed by atoms with Crippen molar-refractivity contribution in [2.75, 3.05) is 73.7 Å². The molecule has 0 radical (unpaired) electrons. The van der Waals surface area contributed by atoms with Crippen LogP contribution in [0.2, 0.25) is 0 Å². The molecule has 1 unspecified atom stereocenters. The lowest BCUT2D eigenvalue weighted by molar-refractivity contribution is 0.0389. The number of morpholine rings is 1. The molecule has 7 nitrogen and oxygen atoms in total. The second kappa shape index (κ2) is 11.8. The van der Waals surface area contributed by atoms with Crippen LogP contribution in [-0.4, -0.2) is 89.4 Å². The Morgan fingerprint density at radius 1 is 1.30 bits per heavy atom. The van der Waals surface area contributed by atoms with Gasteiger partial charge in [0, 0.05) is 32.7 Å². The van der Waals surface area contributed by atoms with Crippen LogP contribution in [0, 0.1) is 0 Å². The van der Waals surface area contributed by atoms with Crippen molar-refractivity contribution in [1.82, 2.24) is 20.4 Å². The van der Waals surface area contributed by atoms with E-state index in [-0.39, 0.29) is 6.04 Å². The predicted octanol–water partition coefficient (Wildman–Crippen LogP) is 1.19. The van der Waals surface area contributed by atoms with E-state index < -0.39 is 0 Å². The Hall–Kier alpha value is -1.83. The number of hydrogen-bond acceptors (Lipinski definition) is 5. The van der Waals surface area contributed by atoms with Crippen molar-refractivity contribution in [2.24, 2.45) is 4.99 Å². The number of nitrogens with zero attached hydrogens (tertiary/aromatic N) is 3. The fourth-order valence-corrected chi connectivity index (χ4v) is 3.09. The molecule has 0 saturated carbocycles. The molecular formula is C20H35N5O2. The van der Waals surface area contributed by atoms with Crippen LogP contribution in [0.15, 0.2) is 29.3 Å². The van der Waals surface area contributed by atoms with E-state index in [1.165, 1.54) is 5.56 Å². The number of likely N-dealkylation sites (N-methyl/N-ethyl adjacent to an activating group) is 1.